The molecule has 0 radical (unpaired) electrons. The van der Waals surface area contributed by atoms with Gasteiger partial charge in [-0.3, -0.25) is 14.9 Å². The monoisotopic (exact) mass is 304 g/mol. The van der Waals surface area contributed by atoms with Crippen LogP contribution in [0.2, 0.25) is 0 Å². The molecule has 0 aliphatic heterocycles. The Morgan fingerprint density at radius 3 is 2.48 bits per heavy atom. The summed E-state index contributed by atoms with van der Waals surface area (Å²) < 4.78 is 43.4. The highest BCUT2D eigenvalue weighted by molar-refractivity contribution is 5.95. The number of amides is 3. The fraction of sp³-hybridized carbons (Fsp3) is 0.250. The molecule has 1 unspecified atom stereocenters. The molecule has 6 nitrogen and oxygen atoms in total. The highest BCUT2D eigenvalue weighted by Gasteiger charge is 2.35. The molecule has 0 spiro atoms. The van der Waals surface area contributed by atoms with E-state index in [9.17, 15) is 27.6 Å². The molecule has 0 saturated carbocycles. The van der Waals surface area contributed by atoms with Crippen LogP contribution < -0.4 is 15.8 Å². The van der Waals surface area contributed by atoms with Gasteiger partial charge >= 0.3 is 12.2 Å². The number of primary amides is 1. The van der Waals surface area contributed by atoms with Gasteiger partial charge in [0.05, 0.1) is 5.56 Å². The summed E-state index contributed by atoms with van der Waals surface area (Å²) in [6.45, 7) is 1.14. The molecule has 1 rings (SSSR count). The number of rotatable bonds is 4. The van der Waals surface area contributed by atoms with E-state index in [1.807, 2.05) is 0 Å². The number of ether oxygens (including phenoxy) is 1. The third-order valence-electron chi connectivity index (χ3n) is 2.36. The average molecular weight is 304 g/mol. The van der Waals surface area contributed by atoms with Gasteiger partial charge in [0.2, 0.25) is 0 Å². The first kappa shape index (κ1) is 16.5. The van der Waals surface area contributed by atoms with Gasteiger partial charge in [0.1, 0.15) is 12.0 Å². The van der Waals surface area contributed by atoms with Crippen LogP contribution in [0, 0.1) is 0 Å². The molecular weight excluding hydrogens is 293 g/mol. The Bertz CT molecular complexity index is 572. The lowest BCUT2D eigenvalue weighted by Gasteiger charge is -2.18. The molecule has 114 valence electrons. The maximum atomic E-state index is 12.9. The van der Waals surface area contributed by atoms with Crippen molar-refractivity contribution in [3.63, 3.8) is 0 Å². The van der Waals surface area contributed by atoms with Crippen molar-refractivity contribution in [2.75, 3.05) is 0 Å². The summed E-state index contributed by atoms with van der Waals surface area (Å²) in [6.07, 6.45) is -5.91. The number of carbonyl (C=O) groups is 3. The lowest BCUT2D eigenvalue weighted by atomic mass is 10.1. The molecule has 3 N–H and O–H groups in total. The zero-order valence-electron chi connectivity index (χ0n) is 10.7. The number of alkyl halides is 3. The van der Waals surface area contributed by atoms with Crippen LogP contribution in [0.5, 0.6) is 5.75 Å². The molecule has 9 heteroatoms. The van der Waals surface area contributed by atoms with E-state index in [4.69, 9.17) is 10.5 Å². The van der Waals surface area contributed by atoms with Crippen LogP contribution in [0.25, 0.3) is 0 Å². The summed E-state index contributed by atoms with van der Waals surface area (Å²) in [4.78, 5) is 32.4. The van der Waals surface area contributed by atoms with E-state index in [0.29, 0.717) is 6.07 Å². The van der Waals surface area contributed by atoms with Crippen LogP contribution >= 0.6 is 0 Å². The minimum Gasteiger partial charge on any atom is -0.480 e. The van der Waals surface area contributed by atoms with E-state index >= 15 is 0 Å². The first-order valence-electron chi connectivity index (χ1n) is 5.58. The Balaban J connectivity index is 3.05. The summed E-state index contributed by atoms with van der Waals surface area (Å²) in [6, 6.07) is 1.47. The second-order valence-electron chi connectivity index (χ2n) is 3.98. The molecule has 3 amide bonds. The second kappa shape index (κ2) is 6.25. The highest BCUT2D eigenvalue weighted by atomic mass is 19.4. The molecule has 1 aromatic rings. The zero-order chi connectivity index (χ0) is 16.2. The maximum Gasteiger partial charge on any atom is 0.419 e. The van der Waals surface area contributed by atoms with Crippen molar-refractivity contribution in [3.8, 4) is 5.75 Å². The smallest absolute Gasteiger partial charge is 0.419 e. The van der Waals surface area contributed by atoms with Crippen LogP contribution in [0.3, 0.4) is 0 Å². The number of halogens is 3. The molecule has 0 aromatic heterocycles. The number of urea groups is 1. The van der Waals surface area contributed by atoms with E-state index in [-0.39, 0.29) is 11.8 Å². The quantitative estimate of drug-likeness (QED) is 0.823. The third kappa shape index (κ3) is 4.48. The lowest BCUT2D eigenvalue weighted by molar-refractivity contribution is -0.140. The van der Waals surface area contributed by atoms with Gasteiger partial charge in [0.15, 0.2) is 6.10 Å². The third-order valence-corrected chi connectivity index (χ3v) is 2.36. The summed E-state index contributed by atoms with van der Waals surface area (Å²) >= 11 is 0. The lowest BCUT2D eigenvalue weighted by Crippen LogP contribution is -2.42. The number of nitrogens with one attached hydrogen (secondary N) is 1. The fourth-order valence-corrected chi connectivity index (χ4v) is 1.41. The molecule has 0 bridgehead atoms. The van der Waals surface area contributed by atoms with E-state index in [1.165, 1.54) is 0 Å². The van der Waals surface area contributed by atoms with Gasteiger partial charge in [-0.2, -0.15) is 13.2 Å². The molecule has 0 aliphatic carbocycles. The highest BCUT2D eigenvalue weighted by Crippen LogP contribution is 2.37. The van der Waals surface area contributed by atoms with Gasteiger partial charge in [-0.05, 0) is 25.1 Å². The Labute approximate surface area is 117 Å². The van der Waals surface area contributed by atoms with Crippen LogP contribution in [0.1, 0.15) is 22.8 Å². The largest absolute Gasteiger partial charge is 0.480 e. The number of nitrogens with two attached hydrogens (primary N) is 1. The molecular formula is C12H11F3N2O4. The topological polar surface area (TPSA) is 98.5 Å². The minimum absolute atomic E-state index is 0.191. The first-order valence-corrected chi connectivity index (χ1v) is 5.58. The van der Waals surface area contributed by atoms with Crippen molar-refractivity contribution in [2.24, 2.45) is 5.73 Å². The molecule has 0 saturated heterocycles. The normalized spacial score (nSPS) is 12.4. The zero-order valence-corrected chi connectivity index (χ0v) is 10.7. The van der Waals surface area contributed by atoms with E-state index in [2.05, 4.69) is 0 Å². The summed E-state index contributed by atoms with van der Waals surface area (Å²) in [5.41, 5.74) is 3.32. The molecule has 0 fully saturated rings. The van der Waals surface area contributed by atoms with Crippen LogP contribution in [0.15, 0.2) is 18.2 Å². The van der Waals surface area contributed by atoms with Crippen molar-refractivity contribution in [3.05, 3.63) is 29.3 Å². The fourth-order valence-electron chi connectivity index (χ4n) is 1.41. The van der Waals surface area contributed by atoms with E-state index in [1.54, 1.807) is 5.32 Å². The Kier molecular flexibility index (Phi) is 4.90. The number of carbonyl (C=O) groups excluding carboxylic acids is 3. The van der Waals surface area contributed by atoms with Gasteiger partial charge in [0.25, 0.3) is 5.91 Å². The van der Waals surface area contributed by atoms with Gasteiger partial charge in [-0.1, -0.05) is 0 Å². The number of aldehydes is 1. The first-order chi connectivity index (χ1) is 9.65. The maximum absolute atomic E-state index is 12.9. The van der Waals surface area contributed by atoms with Crippen LogP contribution in [-0.2, 0) is 11.0 Å². The second-order valence-corrected chi connectivity index (χ2v) is 3.98. The summed E-state index contributed by atoms with van der Waals surface area (Å²) in [5.74, 6) is -1.63. The molecule has 1 atom stereocenters. The summed E-state index contributed by atoms with van der Waals surface area (Å²) in [7, 11) is 0. The predicted molar refractivity (Wildman–Crippen MR) is 64.6 cm³/mol. The number of hydrogen-bond acceptors (Lipinski definition) is 4. The van der Waals surface area contributed by atoms with Crippen molar-refractivity contribution in [1.82, 2.24) is 5.32 Å². The Hall–Kier alpha value is -2.58. The van der Waals surface area contributed by atoms with Gasteiger partial charge < -0.3 is 10.5 Å². The van der Waals surface area contributed by atoms with Crippen molar-refractivity contribution < 1.29 is 32.3 Å². The van der Waals surface area contributed by atoms with E-state index < -0.39 is 35.5 Å². The van der Waals surface area contributed by atoms with E-state index in [0.717, 1.165) is 19.1 Å². The number of hydrogen-bond donors (Lipinski definition) is 2. The molecule has 0 heterocycles. The Morgan fingerprint density at radius 1 is 1.38 bits per heavy atom. The van der Waals surface area contributed by atoms with Gasteiger partial charge in [-0.25, -0.2) is 4.79 Å². The number of imide groups is 1. The molecule has 21 heavy (non-hydrogen) atoms. The average Bonchev–Trinajstić information content (AvgIpc) is 2.37. The predicted octanol–water partition coefficient (Wildman–Crippen LogP) is 1.48. The Morgan fingerprint density at radius 2 is 2.00 bits per heavy atom. The van der Waals surface area contributed by atoms with Crippen LogP contribution in [0.4, 0.5) is 18.0 Å². The van der Waals surface area contributed by atoms with Crippen molar-refractivity contribution >= 4 is 18.2 Å². The number of benzene rings is 1. The van der Waals surface area contributed by atoms with Gasteiger partial charge in [-0.15, -0.1) is 0 Å². The SMILES string of the molecule is CC(Oc1ccc(C=O)cc1C(F)(F)F)C(=O)NC(N)=O. The van der Waals surface area contributed by atoms with Crippen molar-refractivity contribution in [2.45, 2.75) is 19.2 Å². The summed E-state index contributed by atoms with van der Waals surface area (Å²) in [5, 5.41) is 1.68. The van der Waals surface area contributed by atoms with Crippen molar-refractivity contribution in [1.29, 1.82) is 0 Å². The minimum atomic E-state index is -4.77. The van der Waals surface area contributed by atoms with Gasteiger partial charge in [0, 0.05) is 5.56 Å². The van der Waals surface area contributed by atoms with Crippen LogP contribution in [-0.4, -0.2) is 24.3 Å². The standard InChI is InChI=1S/C12H11F3N2O4/c1-6(10(19)17-11(16)20)21-9-3-2-7(5-18)4-8(9)12(13,14)15/h2-6H,1H3,(H3,16,17,19,20). The molecule has 1 aromatic carbocycles. The molecule has 0 aliphatic rings.